The number of amides is 1. The van der Waals surface area contributed by atoms with E-state index in [0.717, 1.165) is 25.9 Å². The summed E-state index contributed by atoms with van der Waals surface area (Å²) in [5.74, 6) is -0.268. The van der Waals surface area contributed by atoms with Crippen LogP contribution in [0.1, 0.15) is 23.2 Å². The molecule has 1 aromatic carbocycles. The first kappa shape index (κ1) is 14.9. The van der Waals surface area contributed by atoms with Gasteiger partial charge in [-0.3, -0.25) is 14.9 Å². The number of likely N-dealkylation sites (tertiary alicyclic amines) is 1. The second kappa shape index (κ2) is 6.32. The molecule has 2 rings (SSSR count). The van der Waals surface area contributed by atoms with Crippen LogP contribution in [0.2, 0.25) is 0 Å². The zero-order valence-electron chi connectivity index (χ0n) is 11.1. The predicted molar refractivity (Wildman–Crippen MR) is 78.8 cm³/mol. The van der Waals surface area contributed by atoms with Gasteiger partial charge in [0.05, 0.1) is 10.5 Å². The molecule has 1 fully saturated rings. The molecule has 0 radical (unpaired) electrons. The number of non-ortho nitro benzene ring substituents is 1. The number of rotatable bonds is 3. The summed E-state index contributed by atoms with van der Waals surface area (Å²) in [6.07, 6.45) is 1.80. The lowest BCUT2D eigenvalue weighted by Crippen LogP contribution is -2.43. The van der Waals surface area contributed by atoms with Crippen LogP contribution in [0.4, 0.5) is 5.69 Å². The van der Waals surface area contributed by atoms with Crippen LogP contribution in [0.25, 0.3) is 0 Å². The van der Waals surface area contributed by atoms with E-state index in [4.69, 9.17) is 0 Å². The largest absolute Gasteiger partial charge is 0.349 e. The van der Waals surface area contributed by atoms with E-state index in [2.05, 4.69) is 33.2 Å². The first-order chi connectivity index (χ1) is 9.47. The van der Waals surface area contributed by atoms with E-state index >= 15 is 0 Å². The van der Waals surface area contributed by atoms with Gasteiger partial charge in [-0.1, -0.05) is 0 Å². The maximum Gasteiger partial charge on any atom is 0.270 e. The van der Waals surface area contributed by atoms with Crippen molar-refractivity contribution in [2.45, 2.75) is 18.9 Å². The highest BCUT2D eigenvalue weighted by Crippen LogP contribution is 2.23. The molecule has 1 aliphatic heterocycles. The van der Waals surface area contributed by atoms with Gasteiger partial charge in [0.15, 0.2) is 0 Å². The van der Waals surface area contributed by atoms with Gasteiger partial charge >= 0.3 is 0 Å². The van der Waals surface area contributed by atoms with E-state index in [1.165, 1.54) is 18.2 Å². The standard InChI is InChI=1S/C13H16BrN3O3/c1-16-6-4-9(5-7-16)15-13(18)11-8-10(17(19)20)2-3-12(11)14/h2-3,8-9H,4-7H2,1H3,(H,15,18). The number of hydrogen-bond donors (Lipinski definition) is 1. The zero-order valence-corrected chi connectivity index (χ0v) is 12.7. The minimum absolute atomic E-state index is 0.0817. The van der Waals surface area contributed by atoms with Gasteiger partial charge in [0.2, 0.25) is 0 Å². The van der Waals surface area contributed by atoms with Crippen molar-refractivity contribution in [3.63, 3.8) is 0 Å². The number of nitro benzene ring substituents is 1. The molecule has 0 aromatic heterocycles. The minimum atomic E-state index is -0.501. The lowest BCUT2D eigenvalue weighted by Gasteiger charge is -2.29. The van der Waals surface area contributed by atoms with Gasteiger partial charge in [0, 0.05) is 22.6 Å². The first-order valence-corrected chi connectivity index (χ1v) is 7.20. The number of carbonyl (C=O) groups is 1. The highest BCUT2D eigenvalue weighted by molar-refractivity contribution is 9.10. The molecule has 1 heterocycles. The Hall–Kier alpha value is -1.47. The third kappa shape index (κ3) is 3.55. The number of benzene rings is 1. The quantitative estimate of drug-likeness (QED) is 0.675. The number of carbonyl (C=O) groups excluding carboxylic acids is 1. The van der Waals surface area contributed by atoms with Crippen molar-refractivity contribution in [2.75, 3.05) is 20.1 Å². The summed E-state index contributed by atoms with van der Waals surface area (Å²) < 4.78 is 0.563. The average Bonchev–Trinajstić information content (AvgIpc) is 2.41. The van der Waals surface area contributed by atoms with Crippen LogP contribution in [-0.4, -0.2) is 41.9 Å². The predicted octanol–water partition coefficient (Wildman–Crippen LogP) is 2.18. The van der Waals surface area contributed by atoms with Gasteiger partial charge in [-0.25, -0.2) is 0 Å². The Kier molecular flexibility index (Phi) is 4.72. The number of nitrogens with zero attached hydrogens (tertiary/aromatic N) is 2. The molecule has 1 aromatic rings. The maximum atomic E-state index is 12.2. The van der Waals surface area contributed by atoms with Crippen molar-refractivity contribution in [2.24, 2.45) is 0 Å². The lowest BCUT2D eigenvalue weighted by atomic mass is 10.0. The molecule has 1 saturated heterocycles. The topological polar surface area (TPSA) is 75.5 Å². The fourth-order valence-corrected chi connectivity index (χ4v) is 2.64. The van der Waals surface area contributed by atoms with Crippen molar-refractivity contribution in [1.82, 2.24) is 10.2 Å². The summed E-state index contributed by atoms with van der Waals surface area (Å²) in [6, 6.07) is 4.33. The summed E-state index contributed by atoms with van der Waals surface area (Å²) in [7, 11) is 2.05. The number of halogens is 1. The summed E-state index contributed by atoms with van der Waals surface area (Å²) in [4.78, 5) is 24.7. The Bertz CT molecular complexity index is 528. The molecule has 7 heteroatoms. The fraction of sp³-hybridized carbons (Fsp3) is 0.462. The van der Waals surface area contributed by atoms with Crippen LogP contribution < -0.4 is 5.32 Å². The number of nitro groups is 1. The summed E-state index contributed by atoms with van der Waals surface area (Å²) in [5, 5.41) is 13.7. The van der Waals surface area contributed by atoms with Crippen molar-refractivity contribution in [1.29, 1.82) is 0 Å². The third-order valence-corrected chi connectivity index (χ3v) is 4.15. The molecule has 0 atom stereocenters. The Balaban J connectivity index is 2.08. The monoisotopic (exact) mass is 341 g/mol. The first-order valence-electron chi connectivity index (χ1n) is 6.40. The molecular weight excluding hydrogens is 326 g/mol. The van der Waals surface area contributed by atoms with E-state index in [1.54, 1.807) is 0 Å². The van der Waals surface area contributed by atoms with Gasteiger partial charge < -0.3 is 10.2 Å². The number of nitrogens with one attached hydrogen (secondary N) is 1. The van der Waals surface area contributed by atoms with Crippen molar-refractivity contribution in [3.05, 3.63) is 38.3 Å². The van der Waals surface area contributed by atoms with E-state index in [9.17, 15) is 14.9 Å². The van der Waals surface area contributed by atoms with Crippen LogP contribution >= 0.6 is 15.9 Å². The number of hydrogen-bond acceptors (Lipinski definition) is 4. The Morgan fingerprint density at radius 3 is 2.70 bits per heavy atom. The van der Waals surface area contributed by atoms with E-state index in [0.29, 0.717) is 10.0 Å². The molecule has 20 heavy (non-hydrogen) atoms. The molecule has 0 bridgehead atoms. The SMILES string of the molecule is CN1CCC(NC(=O)c2cc([N+](=O)[O-])ccc2Br)CC1. The molecule has 0 aliphatic carbocycles. The van der Waals surface area contributed by atoms with Gasteiger partial charge in [-0.15, -0.1) is 0 Å². The van der Waals surface area contributed by atoms with Crippen LogP contribution in [0, 0.1) is 10.1 Å². The molecule has 0 saturated carbocycles. The molecule has 6 nitrogen and oxygen atoms in total. The van der Waals surface area contributed by atoms with E-state index < -0.39 is 4.92 Å². The molecule has 108 valence electrons. The number of piperidine rings is 1. The molecule has 0 spiro atoms. The molecule has 1 aliphatic rings. The van der Waals surface area contributed by atoms with Crippen LogP contribution in [0.3, 0.4) is 0 Å². The second-order valence-corrected chi connectivity index (χ2v) is 5.83. The maximum absolute atomic E-state index is 12.2. The van der Waals surface area contributed by atoms with Gasteiger partial charge in [-0.05, 0) is 55.0 Å². The summed E-state index contributed by atoms with van der Waals surface area (Å²) in [5.41, 5.74) is 0.222. The van der Waals surface area contributed by atoms with Crippen molar-refractivity contribution >= 4 is 27.5 Å². The Morgan fingerprint density at radius 1 is 1.45 bits per heavy atom. The van der Waals surface area contributed by atoms with Crippen LogP contribution in [0.15, 0.2) is 22.7 Å². The van der Waals surface area contributed by atoms with Crippen molar-refractivity contribution < 1.29 is 9.72 Å². The van der Waals surface area contributed by atoms with Crippen molar-refractivity contribution in [3.8, 4) is 0 Å². The molecule has 0 unspecified atom stereocenters. The van der Waals surface area contributed by atoms with E-state index in [1.807, 2.05) is 0 Å². The second-order valence-electron chi connectivity index (χ2n) is 4.97. The minimum Gasteiger partial charge on any atom is -0.349 e. The summed E-state index contributed by atoms with van der Waals surface area (Å²) >= 11 is 3.26. The normalized spacial score (nSPS) is 16.9. The van der Waals surface area contributed by atoms with Gasteiger partial charge in [0.1, 0.15) is 0 Å². The lowest BCUT2D eigenvalue weighted by molar-refractivity contribution is -0.384. The van der Waals surface area contributed by atoms with Crippen LogP contribution in [0.5, 0.6) is 0 Å². The average molecular weight is 342 g/mol. The molecule has 1 amide bonds. The van der Waals surface area contributed by atoms with Gasteiger partial charge in [0.25, 0.3) is 11.6 Å². The van der Waals surface area contributed by atoms with Crippen LogP contribution in [-0.2, 0) is 0 Å². The molecular formula is C13H16BrN3O3. The Morgan fingerprint density at radius 2 is 2.10 bits per heavy atom. The smallest absolute Gasteiger partial charge is 0.270 e. The molecule has 1 N–H and O–H groups in total. The zero-order chi connectivity index (χ0) is 14.7. The van der Waals surface area contributed by atoms with E-state index in [-0.39, 0.29) is 17.6 Å². The van der Waals surface area contributed by atoms with Gasteiger partial charge in [-0.2, -0.15) is 0 Å². The Labute approximate surface area is 125 Å². The highest BCUT2D eigenvalue weighted by Gasteiger charge is 2.21. The highest BCUT2D eigenvalue weighted by atomic mass is 79.9. The fourth-order valence-electron chi connectivity index (χ4n) is 2.22. The third-order valence-electron chi connectivity index (χ3n) is 3.46. The summed E-state index contributed by atoms with van der Waals surface area (Å²) in [6.45, 7) is 1.89.